The largest absolute Gasteiger partial charge is 0.355 e. The number of nitrogens with one attached hydrogen (secondary N) is 1. The minimum absolute atomic E-state index is 0.0533. The van der Waals surface area contributed by atoms with Gasteiger partial charge in [0.25, 0.3) is 0 Å². The molecule has 2 aromatic heterocycles. The van der Waals surface area contributed by atoms with Crippen molar-refractivity contribution < 1.29 is 9.00 Å². The predicted molar refractivity (Wildman–Crippen MR) is 128 cm³/mol. The minimum atomic E-state index is -1.36. The van der Waals surface area contributed by atoms with Crippen molar-refractivity contribution in [1.82, 2.24) is 19.7 Å². The summed E-state index contributed by atoms with van der Waals surface area (Å²) in [6, 6.07) is 21.1. The van der Waals surface area contributed by atoms with Crippen LogP contribution in [-0.4, -0.2) is 36.8 Å². The number of hydrogen-bond acceptors (Lipinski definition) is 3. The second-order valence-corrected chi connectivity index (χ2v) is 9.18. The van der Waals surface area contributed by atoms with Gasteiger partial charge in [0, 0.05) is 40.3 Å². The van der Waals surface area contributed by atoms with E-state index in [0.717, 1.165) is 22.6 Å². The van der Waals surface area contributed by atoms with E-state index >= 15 is 0 Å². The summed E-state index contributed by atoms with van der Waals surface area (Å²) >= 11 is 5.89. The number of halogens is 1. The molecule has 4 rings (SSSR count). The van der Waals surface area contributed by atoms with Crippen molar-refractivity contribution in [3.8, 4) is 11.5 Å². The molecule has 0 aliphatic rings. The standard InChI is InChI=1S/C24H23ClN4O2S/c25-21-10-8-19(9-11-21)12-13-26-23(30)18-32(31)17-20-16-27-29(22-6-2-1-3-7-22)24(20)28-14-4-5-15-28/h1-11,14-16H,12-13,17-18H2,(H,26,30). The van der Waals surface area contributed by atoms with Crippen molar-refractivity contribution in [2.24, 2.45) is 0 Å². The molecule has 1 atom stereocenters. The molecular weight excluding hydrogens is 444 g/mol. The maximum atomic E-state index is 12.8. The Labute approximate surface area is 194 Å². The first-order valence-electron chi connectivity index (χ1n) is 10.2. The number of carbonyl (C=O) groups is 1. The first kappa shape index (κ1) is 22.0. The molecule has 0 bridgehead atoms. The van der Waals surface area contributed by atoms with Crippen LogP contribution in [0.15, 0.2) is 85.3 Å². The highest BCUT2D eigenvalue weighted by Gasteiger charge is 2.17. The quantitative estimate of drug-likeness (QED) is 0.406. The molecule has 0 saturated carbocycles. The Morgan fingerprint density at radius 1 is 1.00 bits per heavy atom. The zero-order valence-corrected chi connectivity index (χ0v) is 18.9. The van der Waals surface area contributed by atoms with Crippen molar-refractivity contribution in [2.45, 2.75) is 12.2 Å². The molecule has 32 heavy (non-hydrogen) atoms. The number of nitrogens with zero attached hydrogens (tertiary/aromatic N) is 3. The van der Waals surface area contributed by atoms with Gasteiger partial charge in [-0.05, 0) is 48.4 Å². The van der Waals surface area contributed by atoms with Gasteiger partial charge in [-0.25, -0.2) is 4.68 Å². The monoisotopic (exact) mass is 466 g/mol. The van der Waals surface area contributed by atoms with Gasteiger partial charge in [0.15, 0.2) is 0 Å². The summed E-state index contributed by atoms with van der Waals surface area (Å²) in [7, 11) is -1.36. The Kier molecular flexibility index (Phi) is 7.19. The third-order valence-electron chi connectivity index (χ3n) is 4.92. The van der Waals surface area contributed by atoms with Crippen molar-refractivity contribution in [3.05, 3.63) is 101 Å². The fourth-order valence-electron chi connectivity index (χ4n) is 3.41. The van der Waals surface area contributed by atoms with Crippen LogP contribution < -0.4 is 5.32 Å². The lowest BCUT2D eigenvalue weighted by atomic mass is 10.1. The molecule has 6 nitrogen and oxygen atoms in total. The van der Waals surface area contributed by atoms with Crippen LogP contribution in [0, 0.1) is 0 Å². The van der Waals surface area contributed by atoms with E-state index in [1.807, 2.05) is 88.4 Å². The topological polar surface area (TPSA) is 68.9 Å². The fraction of sp³-hybridized carbons (Fsp3) is 0.167. The van der Waals surface area contributed by atoms with Gasteiger partial charge in [0.2, 0.25) is 5.91 Å². The molecule has 1 N–H and O–H groups in total. The van der Waals surface area contributed by atoms with Crippen LogP contribution in [0.5, 0.6) is 0 Å². The van der Waals surface area contributed by atoms with E-state index in [1.54, 1.807) is 6.20 Å². The van der Waals surface area contributed by atoms with Gasteiger partial charge >= 0.3 is 0 Å². The molecule has 2 heterocycles. The first-order chi connectivity index (χ1) is 15.6. The van der Waals surface area contributed by atoms with Crippen LogP contribution in [0.4, 0.5) is 0 Å². The Hall–Kier alpha value is -3.16. The van der Waals surface area contributed by atoms with E-state index < -0.39 is 10.8 Å². The lowest BCUT2D eigenvalue weighted by Crippen LogP contribution is -2.30. The second-order valence-electron chi connectivity index (χ2n) is 7.29. The molecule has 164 valence electrons. The molecule has 0 radical (unpaired) electrons. The van der Waals surface area contributed by atoms with Gasteiger partial charge in [0.05, 0.1) is 17.6 Å². The highest BCUT2D eigenvalue weighted by molar-refractivity contribution is 7.84. The van der Waals surface area contributed by atoms with Crippen molar-refractivity contribution >= 4 is 28.3 Å². The van der Waals surface area contributed by atoms with Gasteiger partial charge in [-0.15, -0.1) is 0 Å². The van der Waals surface area contributed by atoms with Crippen molar-refractivity contribution in [1.29, 1.82) is 0 Å². The van der Waals surface area contributed by atoms with Crippen LogP contribution in [0.25, 0.3) is 11.5 Å². The molecule has 0 aliphatic carbocycles. The number of hydrogen-bond donors (Lipinski definition) is 1. The second kappa shape index (κ2) is 10.4. The Bertz CT molecular complexity index is 1190. The summed E-state index contributed by atoms with van der Waals surface area (Å²) in [5, 5.41) is 8.04. The van der Waals surface area contributed by atoms with Crippen molar-refractivity contribution in [2.75, 3.05) is 12.3 Å². The van der Waals surface area contributed by atoms with Gasteiger partial charge in [-0.1, -0.05) is 41.9 Å². The summed E-state index contributed by atoms with van der Waals surface area (Å²) in [6.07, 6.45) is 6.26. The molecule has 1 unspecified atom stereocenters. The van der Waals surface area contributed by atoms with Gasteiger partial charge in [-0.3, -0.25) is 9.00 Å². The lowest BCUT2D eigenvalue weighted by molar-refractivity contribution is -0.118. The zero-order valence-electron chi connectivity index (χ0n) is 17.4. The molecule has 0 fully saturated rings. The molecule has 8 heteroatoms. The average Bonchev–Trinajstić information content (AvgIpc) is 3.45. The molecule has 0 saturated heterocycles. The van der Waals surface area contributed by atoms with Gasteiger partial charge in [-0.2, -0.15) is 5.10 Å². The third-order valence-corrected chi connectivity index (χ3v) is 6.39. The molecule has 1 amide bonds. The summed E-state index contributed by atoms with van der Waals surface area (Å²) in [5.41, 5.74) is 2.81. The van der Waals surface area contributed by atoms with Crippen LogP contribution in [0.3, 0.4) is 0 Å². The molecule has 4 aromatic rings. The molecular formula is C24H23ClN4O2S. The van der Waals surface area contributed by atoms with Crippen LogP contribution in [0.1, 0.15) is 11.1 Å². The fourth-order valence-corrected chi connectivity index (χ4v) is 4.58. The highest BCUT2D eigenvalue weighted by atomic mass is 35.5. The van der Waals surface area contributed by atoms with E-state index in [4.69, 9.17) is 11.6 Å². The minimum Gasteiger partial charge on any atom is -0.355 e. The number of benzene rings is 2. The number of rotatable bonds is 9. The summed E-state index contributed by atoms with van der Waals surface area (Å²) in [6.45, 7) is 0.484. The van der Waals surface area contributed by atoms with E-state index in [9.17, 15) is 9.00 Å². The van der Waals surface area contributed by atoms with Crippen LogP contribution >= 0.6 is 11.6 Å². The molecule has 2 aromatic carbocycles. The van der Waals surface area contributed by atoms with Crippen LogP contribution in [-0.2, 0) is 27.8 Å². The van der Waals surface area contributed by atoms with E-state index in [1.165, 1.54) is 0 Å². The van der Waals surface area contributed by atoms with Gasteiger partial charge < -0.3 is 9.88 Å². The number of carbonyl (C=O) groups excluding carboxylic acids is 1. The summed E-state index contributed by atoms with van der Waals surface area (Å²) in [4.78, 5) is 12.3. The zero-order chi connectivity index (χ0) is 22.3. The SMILES string of the molecule is O=C(CS(=O)Cc1cnn(-c2ccccc2)c1-n1cccc1)NCCc1ccc(Cl)cc1. The average molecular weight is 467 g/mol. The normalized spacial score (nSPS) is 11.9. The molecule has 0 spiro atoms. The Balaban J connectivity index is 1.39. The lowest BCUT2D eigenvalue weighted by Gasteiger charge is -2.11. The van der Waals surface area contributed by atoms with Gasteiger partial charge in [0.1, 0.15) is 11.6 Å². The summed E-state index contributed by atoms with van der Waals surface area (Å²) in [5.74, 6) is 0.778. The Morgan fingerprint density at radius 2 is 1.72 bits per heavy atom. The molecule has 0 aliphatic heterocycles. The maximum Gasteiger partial charge on any atom is 0.232 e. The highest BCUT2D eigenvalue weighted by Crippen LogP contribution is 2.21. The number of para-hydroxylation sites is 1. The smallest absolute Gasteiger partial charge is 0.232 e. The van der Waals surface area contributed by atoms with Crippen molar-refractivity contribution in [3.63, 3.8) is 0 Å². The summed E-state index contributed by atoms with van der Waals surface area (Å²) < 4.78 is 16.5. The maximum absolute atomic E-state index is 12.8. The van der Waals surface area contributed by atoms with E-state index in [2.05, 4.69) is 10.4 Å². The predicted octanol–water partition coefficient (Wildman–Crippen LogP) is 3.92. The third kappa shape index (κ3) is 5.55. The number of aromatic nitrogens is 3. The number of amides is 1. The van der Waals surface area contributed by atoms with E-state index in [-0.39, 0.29) is 17.4 Å². The first-order valence-corrected chi connectivity index (χ1v) is 12.1. The Morgan fingerprint density at radius 3 is 2.44 bits per heavy atom. The van der Waals surface area contributed by atoms with E-state index in [0.29, 0.717) is 18.0 Å². The van der Waals surface area contributed by atoms with Crippen LogP contribution in [0.2, 0.25) is 5.02 Å².